The van der Waals surface area contributed by atoms with Crippen LogP contribution in [0.15, 0.2) is 159 Å². The number of aromatic amines is 1. The van der Waals surface area contributed by atoms with E-state index in [1.165, 1.54) is 173 Å². The smallest absolute Gasteiger partial charge is 0.171 e. The molecular weight excluding hydrogens is 1460 g/mol. The van der Waals surface area contributed by atoms with E-state index >= 15 is 0 Å². The van der Waals surface area contributed by atoms with E-state index in [2.05, 4.69) is 129 Å². The Balaban J connectivity index is -0.0000000698. The second-order valence-electron chi connectivity index (χ2n) is 19.1. The van der Waals surface area contributed by atoms with Crippen molar-refractivity contribution in [2.24, 2.45) is 20.0 Å². The lowest BCUT2D eigenvalue weighted by molar-refractivity contribution is -0.115. The van der Waals surface area contributed by atoms with E-state index in [0.29, 0.717) is 18.7 Å². The van der Waals surface area contributed by atoms with Crippen LogP contribution >= 0.6 is 11.7 Å². The molecule has 6 aromatic rings. The number of aryl methyl sites for hydroxylation is 1. The lowest BCUT2D eigenvalue weighted by Crippen LogP contribution is -2.06. The van der Waals surface area contributed by atoms with Crippen molar-refractivity contribution in [3.8, 4) is 0 Å². The quantitative estimate of drug-likeness (QED) is 0.0608. The van der Waals surface area contributed by atoms with E-state index in [9.17, 15) is 4.79 Å². The van der Waals surface area contributed by atoms with Gasteiger partial charge in [-0.25, -0.2) is 15.0 Å². The number of methoxy groups -OCH3 is 1. The SMILES string of the molecule is C.C1=CCCC1.C1=NCCC1.C1=NCCN1.C1=NCNC1.C1=NCON1.C1CCCC1.C1CCNC1.C1CCNC1.C1CCOC1.CC.CC.CC.CC.CC.CC.CC.CC.CC.CC.CC.CC.CC(C)=O.CC1CO1.COC.Cc1nn[nH]n1.c1ccccc1.c1ccncc1.c1cncnc1.c1cnoc1.c1cnsn1. The molecule has 678 valence electrons. The zero-order valence-electron chi connectivity index (χ0n) is 78.8. The number of ether oxygens (including phenoxy) is 3. The summed E-state index contributed by atoms with van der Waals surface area (Å²) in [6.07, 6.45) is 49.1. The lowest BCUT2D eigenvalue weighted by Gasteiger charge is -1.79. The number of allylic oxidation sites excluding steroid dienone is 2. The zero-order valence-corrected chi connectivity index (χ0v) is 79.6. The minimum atomic E-state index is 0. The summed E-state index contributed by atoms with van der Waals surface area (Å²) in [4.78, 5) is 40.3. The van der Waals surface area contributed by atoms with Crippen LogP contribution < -0.4 is 26.7 Å². The average Bonchev–Trinajstić information content (AvgIpc) is 1.86. The Hall–Kier alpha value is -7.30. The molecule has 6 N–H and O–H groups in total. The molecule has 1 unspecified atom stereocenters. The number of carbonyl (C=O) groups excluding carboxylic acids is 1. The van der Waals surface area contributed by atoms with Crippen molar-refractivity contribution in [3.63, 3.8) is 0 Å². The van der Waals surface area contributed by atoms with Gasteiger partial charge in [0.15, 0.2) is 12.6 Å². The number of hydroxylamine groups is 1. The first kappa shape index (κ1) is 143. The van der Waals surface area contributed by atoms with E-state index in [4.69, 9.17) is 9.47 Å². The van der Waals surface area contributed by atoms with Crippen LogP contribution in [0.2, 0.25) is 0 Å². The van der Waals surface area contributed by atoms with Gasteiger partial charge in [-0.15, -0.1) is 10.2 Å². The topological polar surface area (TPSA) is 312 Å². The highest BCUT2D eigenvalue weighted by Crippen LogP contribution is 2.15. The maximum Gasteiger partial charge on any atom is 0.171 e. The number of benzene rings is 1. The van der Waals surface area contributed by atoms with Gasteiger partial charge in [-0.05, 0) is 155 Å². The van der Waals surface area contributed by atoms with Crippen LogP contribution in [0.25, 0.3) is 0 Å². The van der Waals surface area contributed by atoms with Crippen molar-refractivity contribution in [3.05, 3.63) is 141 Å². The van der Waals surface area contributed by atoms with Crippen LogP contribution in [-0.4, -0.2) is 186 Å². The molecule has 5 fully saturated rings. The molecule has 0 radical (unpaired) electrons. The molecule has 0 amide bonds. The number of H-pyrrole nitrogens is 1. The molecule has 2 aliphatic carbocycles. The van der Waals surface area contributed by atoms with Crippen molar-refractivity contribution in [1.29, 1.82) is 0 Å². The molecule has 10 aliphatic rings. The van der Waals surface area contributed by atoms with Crippen molar-refractivity contribution in [1.82, 2.24) is 76.2 Å². The summed E-state index contributed by atoms with van der Waals surface area (Å²) in [5, 5.41) is 28.4. The third kappa shape index (κ3) is 204. The van der Waals surface area contributed by atoms with Crippen LogP contribution in [0.5, 0.6) is 0 Å². The Bertz CT molecular complexity index is 1880. The first-order valence-corrected chi connectivity index (χ1v) is 43.8. The fourth-order valence-electron chi connectivity index (χ4n) is 6.09. The number of nitrogens with zero attached hydrogens (tertiary/aromatic N) is 13. The molecule has 5 aromatic heterocycles. The maximum atomic E-state index is 9.44. The molecule has 115 heavy (non-hydrogen) atoms. The summed E-state index contributed by atoms with van der Waals surface area (Å²) in [6.45, 7) is 68.2. The molecule has 1 aromatic carbocycles. The monoisotopic (exact) mass is 1650 g/mol. The predicted molar refractivity (Wildman–Crippen MR) is 509 cm³/mol. The number of rotatable bonds is 0. The highest BCUT2D eigenvalue weighted by Gasteiger charge is 2.13. The molecule has 0 bridgehead atoms. The van der Waals surface area contributed by atoms with Crippen LogP contribution in [0.1, 0.15) is 303 Å². The second-order valence-corrected chi connectivity index (χ2v) is 19.7. The van der Waals surface area contributed by atoms with Crippen molar-refractivity contribution >= 4 is 42.6 Å². The molecule has 26 heteroatoms. The molecule has 13 heterocycles. The molecule has 1 atom stereocenters. The van der Waals surface area contributed by atoms with Crippen LogP contribution in [0.4, 0.5) is 0 Å². The van der Waals surface area contributed by atoms with Gasteiger partial charge in [-0.1, -0.05) is 271 Å². The summed E-state index contributed by atoms with van der Waals surface area (Å²) < 4.78 is 25.5. The fraction of sp³-hybridized carbons (Fsp3) is 0.685. The van der Waals surface area contributed by atoms with Crippen LogP contribution in [0.3, 0.4) is 0 Å². The summed E-state index contributed by atoms with van der Waals surface area (Å²) in [6, 6.07) is 21.2. The number of Topliss-reactive ketones (excluding diaryl/α,β-unsaturated/α-hetero) is 1. The largest absolute Gasteiger partial charge is 0.388 e. The summed E-state index contributed by atoms with van der Waals surface area (Å²) >= 11 is 1.21. The lowest BCUT2D eigenvalue weighted by atomic mass is 10.4. The summed E-state index contributed by atoms with van der Waals surface area (Å²) in [5.41, 5.74) is 2.43. The molecule has 1 saturated carbocycles. The summed E-state index contributed by atoms with van der Waals surface area (Å²) in [7, 11) is 3.25. The van der Waals surface area contributed by atoms with Gasteiger partial charge in [-0.2, -0.15) is 14.0 Å². The van der Waals surface area contributed by atoms with Crippen molar-refractivity contribution in [2.45, 2.75) is 310 Å². The Kier molecular flexibility index (Phi) is 222. The van der Waals surface area contributed by atoms with Gasteiger partial charge in [-0.3, -0.25) is 35.6 Å². The molecule has 0 spiro atoms. The molecule has 4 saturated heterocycles. The number of epoxide rings is 1. The number of pyridine rings is 1. The number of aliphatic imine (C=N–C) groups is 4. The normalized spacial score (nSPS) is 13.4. The number of hydrogen-bond donors (Lipinski definition) is 6. The van der Waals surface area contributed by atoms with Crippen LogP contribution in [0, 0.1) is 6.92 Å². The second kappa shape index (κ2) is 179. The first-order valence-electron chi connectivity index (χ1n) is 43.1. The van der Waals surface area contributed by atoms with Gasteiger partial charge in [0, 0.05) is 78.1 Å². The van der Waals surface area contributed by atoms with Gasteiger partial charge in [0.25, 0.3) is 0 Å². The molecule has 16 rings (SSSR count). The van der Waals surface area contributed by atoms with E-state index in [-0.39, 0.29) is 13.2 Å². The number of ketones is 1. The van der Waals surface area contributed by atoms with Gasteiger partial charge in [0.1, 0.15) is 24.7 Å². The molecular formula is C89H185N19O6S. The third-order valence-electron chi connectivity index (χ3n) is 10.4. The Morgan fingerprint density at radius 2 is 0.922 bits per heavy atom. The molecule has 8 aliphatic heterocycles. The fourth-order valence-corrected chi connectivity index (χ4v) is 6.36. The summed E-state index contributed by atoms with van der Waals surface area (Å²) in [5.74, 6) is 0.843. The zero-order chi connectivity index (χ0) is 89.3. The highest BCUT2D eigenvalue weighted by atomic mass is 32.1. The van der Waals surface area contributed by atoms with Gasteiger partial charge in [0.2, 0.25) is 0 Å². The number of carbonyl (C=O) groups is 1. The van der Waals surface area contributed by atoms with Gasteiger partial charge >= 0.3 is 0 Å². The van der Waals surface area contributed by atoms with E-state index in [1.54, 1.807) is 83.0 Å². The third-order valence-corrected chi connectivity index (χ3v) is 10.9. The minimum Gasteiger partial charge on any atom is -0.388 e. The highest BCUT2D eigenvalue weighted by molar-refractivity contribution is 6.98. The number of aromatic nitrogens is 10. The van der Waals surface area contributed by atoms with E-state index < -0.39 is 0 Å². The van der Waals surface area contributed by atoms with E-state index in [0.717, 1.165) is 52.7 Å². The first-order chi connectivity index (χ1) is 56.4. The number of hydrogen-bond acceptors (Lipinski definition) is 25. The molecule has 25 nitrogen and oxygen atoms in total. The van der Waals surface area contributed by atoms with E-state index in [1.807, 2.05) is 233 Å². The number of nitrogens with one attached hydrogen (secondary N) is 6. The Morgan fingerprint density at radius 3 is 1.04 bits per heavy atom. The number of tetrazole rings is 1. The minimum absolute atomic E-state index is 0. The standard InChI is InChI=1S/C6H6.C5H5N.C5H10.C5H8.C4H4N2.2C4H9N.C4H7N.C4H8O.2C3H6N2.C3H3NO.2C3H6O.C2H4N4.C2H4N2O.C2H2N2S.C2H6O.12C2H6.CH4/c2*1-2-4-6-5-3-1;2*1-2-4-5-3-1;1-2-5-4-6-3-1;4*1-2-4-5-3-1;2*1-2-5-3-4-1;1-2-4-5-3-1;1-3-2-4-3;1-3(2)4;1-2-3-5-6-4-2;1-3-2-5-4-1;1-2-4-5-3-1;1-3-2;12*1-2;/h1-6H;1-5H;1-5H2;1-2H,3-5H2;1-4H;2*5H,1-4H2;3H,1-2,4H2;1-4H2;3H,1-2H2,(H,4,5);1,5H,2-3H2;1-3H;3H,2H2,1H3;1-2H3;1H3,(H,3,4,5,6);1H,2H2,(H,3,4);1-2H;1-2H3;12*1-2H3;1H4. The Labute approximate surface area is 714 Å². The van der Waals surface area contributed by atoms with Gasteiger partial charge < -0.3 is 39.5 Å². The predicted octanol–water partition coefficient (Wildman–Crippen LogP) is 23.0. The van der Waals surface area contributed by atoms with Crippen molar-refractivity contribution < 1.29 is 28.4 Å². The Morgan fingerprint density at radius 1 is 0.478 bits per heavy atom. The maximum absolute atomic E-state index is 9.44. The average molecular weight is 1650 g/mol. The van der Waals surface area contributed by atoms with Gasteiger partial charge in [0.05, 0.1) is 62.6 Å². The van der Waals surface area contributed by atoms with Crippen LogP contribution in [-0.2, 0) is 23.8 Å². The van der Waals surface area contributed by atoms with Crippen molar-refractivity contribution in [2.75, 3.05) is 99.8 Å².